The summed E-state index contributed by atoms with van der Waals surface area (Å²) in [5.41, 5.74) is 8.76. The molecule has 0 fully saturated rings. The van der Waals surface area contributed by atoms with Crippen molar-refractivity contribution in [2.75, 3.05) is 30.0 Å². The highest BCUT2D eigenvalue weighted by Gasteiger charge is 2.15. The van der Waals surface area contributed by atoms with E-state index in [9.17, 15) is 4.79 Å². The first-order valence-corrected chi connectivity index (χ1v) is 5.88. The topological polar surface area (TPSA) is 87.0 Å². The van der Waals surface area contributed by atoms with Crippen molar-refractivity contribution >= 4 is 23.0 Å². The monoisotopic (exact) mass is 259 g/mol. The highest BCUT2D eigenvalue weighted by molar-refractivity contribution is 6.06. The van der Waals surface area contributed by atoms with Gasteiger partial charge >= 0.3 is 0 Å². The third kappa shape index (κ3) is 2.67. The average Bonchev–Trinajstić information content (AvgIpc) is 2.70. The molecule has 0 radical (unpaired) electrons. The molecule has 0 saturated heterocycles. The summed E-state index contributed by atoms with van der Waals surface area (Å²) in [7, 11) is 3.88. The molecular weight excluding hydrogens is 242 g/mol. The van der Waals surface area contributed by atoms with Crippen molar-refractivity contribution in [2.24, 2.45) is 0 Å². The van der Waals surface area contributed by atoms with Gasteiger partial charge in [0, 0.05) is 25.5 Å². The van der Waals surface area contributed by atoms with Crippen molar-refractivity contribution in [2.45, 2.75) is 6.92 Å². The van der Waals surface area contributed by atoms with Crippen LogP contribution in [0.15, 0.2) is 24.3 Å². The van der Waals surface area contributed by atoms with Crippen LogP contribution in [0.5, 0.6) is 0 Å². The standard InChI is InChI=1S/C13H17N5O/c1-8-11(14)12(17-16-8)13(19)15-9-5-4-6-10(7-9)18(2)3/h4-7H,14H2,1-3H3,(H,15,19)(H,16,17). The Kier molecular flexibility index (Phi) is 3.41. The first-order chi connectivity index (χ1) is 8.99. The van der Waals surface area contributed by atoms with Crippen molar-refractivity contribution in [3.63, 3.8) is 0 Å². The average molecular weight is 259 g/mol. The molecule has 0 spiro atoms. The zero-order valence-corrected chi connectivity index (χ0v) is 11.2. The summed E-state index contributed by atoms with van der Waals surface area (Å²) in [6.07, 6.45) is 0. The first kappa shape index (κ1) is 12.9. The second kappa shape index (κ2) is 5.01. The van der Waals surface area contributed by atoms with Gasteiger partial charge in [-0.15, -0.1) is 0 Å². The van der Waals surface area contributed by atoms with Crippen LogP contribution in [0.25, 0.3) is 0 Å². The van der Waals surface area contributed by atoms with Gasteiger partial charge in [0.25, 0.3) is 5.91 Å². The molecule has 100 valence electrons. The third-order valence-corrected chi connectivity index (χ3v) is 2.83. The van der Waals surface area contributed by atoms with Gasteiger partial charge in [0.15, 0.2) is 5.69 Å². The second-order valence-corrected chi connectivity index (χ2v) is 4.51. The van der Waals surface area contributed by atoms with E-state index in [-0.39, 0.29) is 11.6 Å². The maximum Gasteiger partial charge on any atom is 0.278 e. The molecule has 4 N–H and O–H groups in total. The van der Waals surface area contributed by atoms with Crippen LogP contribution < -0.4 is 16.0 Å². The van der Waals surface area contributed by atoms with Crippen LogP contribution in [-0.4, -0.2) is 30.2 Å². The maximum atomic E-state index is 12.0. The number of nitrogens with two attached hydrogens (primary N) is 1. The van der Waals surface area contributed by atoms with E-state index in [4.69, 9.17) is 5.73 Å². The molecule has 2 rings (SSSR count). The molecular formula is C13H17N5O. The minimum Gasteiger partial charge on any atom is -0.395 e. The van der Waals surface area contributed by atoms with E-state index < -0.39 is 0 Å². The van der Waals surface area contributed by atoms with Crippen molar-refractivity contribution in [1.29, 1.82) is 0 Å². The lowest BCUT2D eigenvalue weighted by Gasteiger charge is -2.13. The lowest BCUT2D eigenvalue weighted by molar-refractivity contribution is 0.102. The molecule has 1 heterocycles. The molecule has 0 bridgehead atoms. The Labute approximate surface area is 111 Å². The Balaban J connectivity index is 2.19. The van der Waals surface area contributed by atoms with Gasteiger partial charge in [-0.1, -0.05) is 6.07 Å². The van der Waals surface area contributed by atoms with Gasteiger partial charge in [0.1, 0.15) is 0 Å². The lowest BCUT2D eigenvalue weighted by Crippen LogP contribution is -2.15. The largest absolute Gasteiger partial charge is 0.395 e. The number of rotatable bonds is 3. The molecule has 0 aliphatic heterocycles. The first-order valence-electron chi connectivity index (χ1n) is 5.88. The molecule has 1 amide bonds. The van der Waals surface area contributed by atoms with Crippen LogP contribution in [0.4, 0.5) is 17.1 Å². The van der Waals surface area contributed by atoms with Crippen LogP contribution in [-0.2, 0) is 0 Å². The van der Waals surface area contributed by atoms with E-state index in [1.54, 1.807) is 6.92 Å². The van der Waals surface area contributed by atoms with Gasteiger partial charge in [-0.2, -0.15) is 5.10 Å². The summed E-state index contributed by atoms with van der Waals surface area (Å²) in [5.74, 6) is -0.322. The number of nitrogens with zero attached hydrogens (tertiary/aromatic N) is 2. The fourth-order valence-corrected chi connectivity index (χ4v) is 1.66. The Morgan fingerprint density at radius 3 is 2.74 bits per heavy atom. The zero-order valence-electron chi connectivity index (χ0n) is 11.2. The Morgan fingerprint density at radius 1 is 1.42 bits per heavy atom. The highest BCUT2D eigenvalue weighted by Crippen LogP contribution is 2.19. The number of amides is 1. The number of hydrogen-bond acceptors (Lipinski definition) is 4. The number of benzene rings is 1. The van der Waals surface area contributed by atoms with E-state index in [1.165, 1.54) is 0 Å². The van der Waals surface area contributed by atoms with E-state index in [0.717, 1.165) is 5.69 Å². The number of aromatic nitrogens is 2. The number of carbonyl (C=O) groups is 1. The number of carbonyl (C=O) groups excluding carboxylic acids is 1. The summed E-state index contributed by atoms with van der Waals surface area (Å²) in [4.78, 5) is 14.0. The van der Waals surface area contributed by atoms with Gasteiger partial charge in [-0.3, -0.25) is 9.89 Å². The van der Waals surface area contributed by atoms with E-state index >= 15 is 0 Å². The predicted molar refractivity (Wildman–Crippen MR) is 76.5 cm³/mol. The van der Waals surface area contributed by atoms with Crippen LogP contribution in [0, 0.1) is 6.92 Å². The smallest absolute Gasteiger partial charge is 0.278 e. The number of H-pyrrole nitrogens is 1. The van der Waals surface area contributed by atoms with Gasteiger partial charge in [-0.05, 0) is 25.1 Å². The van der Waals surface area contributed by atoms with Crippen molar-refractivity contribution in [3.05, 3.63) is 35.7 Å². The predicted octanol–water partition coefficient (Wildman–Crippen LogP) is 1.62. The molecule has 1 aromatic heterocycles. The number of nitrogen functional groups attached to an aromatic ring is 1. The summed E-state index contributed by atoms with van der Waals surface area (Å²) in [6, 6.07) is 7.54. The SMILES string of the molecule is Cc1[nH]nc(C(=O)Nc2cccc(N(C)C)c2)c1N. The van der Waals surface area contributed by atoms with Gasteiger partial charge in [-0.25, -0.2) is 0 Å². The normalized spacial score (nSPS) is 10.3. The fourth-order valence-electron chi connectivity index (χ4n) is 1.66. The molecule has 6 nitrogen and oxygen atoms in total. The maximum absolute atomic E-state index is 12.0. The van der Waals surface area contributed by atoms with Crippen LogP contribution in [0.2, 0.25) is 0 Å². The lowest BCUT2D eigenvalue weighted by atomic mass is 10.2. The van der Waals surface area contributed by atoms with Crippen molar-refractivity contribution in [3.8, 4) is 0 Å². The summed E-state index contributed by atoms with van der Waals surface area (Å²) in [6.45, 7) is 1.77. The van der Waals surface area contributed by atoms with Gasteiger partial charge < -0.3 is 16.0 Å². The van der Waals surface area contributed by atoms with Gasteiger partial charge in [0.05, 0.1) is 11.4 Å². The minimum atomic E-state index is -0.322. The quantitative estimate of drug-likeness (QED) is 0.781. The highest BCUT2D eigenvalue weighted by atomic mass is 16.2. The van der Waals surface area contributed by atoms with Crippen LogP contribution >= 0.6 is 0 Å². The summed E-state index contributed by atoms with van der Waals surface area (Å²) >= 11 is 0. The molecule has 0 atom stereocenters. The molecule has 2 aromatic rings. The van der Waals surface area contributed by atoms with Crippen LogP contribution in [0.1, 0.15) is 16.2 Å². The molecule has 0 saturated carbocycles. The number of aryl methyl sites for hydroxylation is 1. The van der Waals surface area contributed by atoms with Crippen molar-refractivity contribution in [1.82, 2.24) is 10.2 Å². The van der Waals surface area contributed by atoms with Crippen molar-refractivity contribution < 1.29 is 4.79 Å². The molecule has 0 aliphatic carbocycles. The summed E-state index contributed by atoms with van der Waals surface area (Å²) < 4.78 is 0. The van der Waals surface area contributed by atoms with E-state index in [1.807, 2.05) is 43.3 Å². The number of hydrogen-bond donors (Lipinski definition) is 3. The number of nitrogens with one attached hydrogen (secondary N) is 2. The Hall–Kier alpha value is -2.50. The zero-order chi connectivity index (χ0) is 14.0. The number of aromatic amines is 1. The molecule has 1 aromatic carbocycles. The van der Waals surface area contributed by atoms with E-state index in [0.29, 0.717) is 17.1 Å². The number of anilines is 3. The molecule has 6 heteroatoms. The van der Waals surface area contributed by atoms with Crippen LogP contribution in [0.3, 0.4) is 0 Å². The van der Waals surface area contributed by atoms with Gasteiger partial charge in [0.2, 0.25) is 0 Å². The van der Waals surface area contributed by atoms with E-state index in [2.05, 4.69) is 15.5 Å². The molecule has 0 unspecified atom stereocenters. The fraction of sp³-hybridized carbons (Fsp3) is 0.231. The minimum absolute atomic E-state index is 0.216. The third-order valence-electron chi connectivity index (χ3n) is 2.83. The Bertz CT molecular complexity index is 603. The second-order valence-electron chi connectivity index (χ2n) is 4.51. The Morgan fingerprint density at radius 2 is 2.16 bits per heavy atom. The molecule has 19 heavy (non-hydrogen) atoms. The molecule has 0 aliphatic rings. The summed E-state index contributed by atoms with van der Waals surface area (Å²) in [5, 5.41) is 9.37.